The number of carboxylic acid groups (broad SMARTS) is 1. The number of carboxylic acids is 1. The molecule has 10 nitrogen and oxygen atoms in total. The first kappa shape index (κ1) is 27.9. The lowest BCUT2D eigenvalue weighted by Gasteiger charge is -2.26. The van der Waals surface area contributed by atoms with Crippen LogP contribution in [0.5, 0.6) is 0 Å². The summed E-state index contributed by atoms with van der Waals surface area (Å²) in [6.07, 6.45) is -1.46. The van der Waals surface area contributed by atoms with Crippen LogP contribution in [0.2, 0.25) is 0 Å². The summed E-state index contributed by atoms with van der Waals surface area (Å²) >= 11 is 0. The Morgan fingerprint density at radius 3 is 2.03 bits per heavy atom. The van der Waals surface area contributed by atoms with Crippen LogP contribution in [0.1, 0.15) is 53.5 Å². The average molecular weight is 467 g/mol. The van der Waals surface area contributed by atoms with Gasteiger partial charge in [-0.2, -0.15) is 0 Å². The lowest BCUT2D eigenvalue weighted by Crippen LogP contribution is -2.54. The van der Waals surface area contributed by atoms with Crippen LogP contribution >= 0.6 is 0 Å². The predicted molar refractivity (Wildman–Crippen MR) is 119 cm³/mol. The molecule has 0 saturated heterocycles. The highest BCUT2D eigenvalue weighted by Crippen LogP contribution is 2.11. The summed E-state index contributed by atoms with van der Waals surface area (Å²) in [5.74, 6) is -3.05. The summed E-state index contributed by atoms with van der Waals surface area (Å²) in [5.41, 5.74) is -0.684. The van der Waals surface area contributed by atoms with Crippen molar-refractivity contribution in [2.24, 2.45) is 0 Å². The number of aliphatic carboxylic acids is 1. The predicted octanol–water partition coefficient (Wildman–Crippen LogP) is 2.40. The highest BCUT2D eigenvalue weighted by atomic mass is 16.6. The molecule has 0 aliphatic rings. The molecule has 184 valence electrons. The molecule has 10 heteroatoms. The fraction of sp³-hybridized carbons (Fsp3) is 0.565. The van der Waals surface area contributed by atoms with Gasteiger partial charge < -0.3 is 30.0 Å². The van der Waals surface area contributed by atoms with Gasteiger partial charge >= 0.3 is 18.0 Å². The molecule has 3 N–H and O–H groups in total. The highest BCUT2D eigenvalue weighted by molar-refractivity contribution is 5.91. The zero-order valence-corrected chi connectivity index (χ0v) is 20.0. The van der Waals surface area contributed by atoms with Gasteiger partial charge in [0.2, 0.25) is 5.91 Å². The molecule has 33 heavy (non-hydrogen) atoms. The van der Waals surface area contributed by atoms with E-state index >= 15 is 0 Å². The topological polar surface area (TPSA) is 140 Å². The number of esters is 1. The lowest BCUT2D eigenvalue weighted by atomic mass is 10.1. The van der Waals surface area contributed by atoms with E-state index in [0.29, 0.717) is 0 Å². The van der Waals surface area contributed by atoms with Crippen molar-refractivity contribution in [3.05, 3.63) is 35.9 Å². The van der Waals surface area contributed by atoms with E-state index < -0.39 is 53.6 Å². The van der Waals surface area contributed by atoms with Crippen molar-refractivity contribution in [3.63, 3.8) is 0 Å². The minimum Gasteiger partial charge on any atom is -0.480 e. The molecule has 2 amide bonds. The fourth-order valence-electron chi connectivity index (χ4n) is 2.45. The van der Waals surface area contributed by atoms with Crippen LogP contribution in [0, 0.1) is 0 Å². The van der Waals surface area contributed by atoms with Gasteiger partial charge in [0.1, 0.15) is 24.3 Å². The van der Waals surface area contributed by atoms with Crippen molar-refractivity contribution in [3.8, 4) is 0 Å². The Labute approximate surface area is 194 Å². The molecule has 0 saturated carbocycles. The van der Waals surface area contributed by atoms with Gasteiger partial charge in [-0.15, -0.1) is 0 Å². The number of ether oxygens (including phenoxy) is 3. The number of hydrogen-bond donors (Lipinski definition) is 3. The number of amides is 2. The van der Waals surface area contributed by atoms with Crippen LogP contribution in [0.15, 0.2) is 30.3 Å². The van der Waals surface area contributed by atoms with Crippen molar-refractivity contribution < 1.29 is 38.5 Å². The van der Waals surface area contributed by atoms with Gasteiger partial charge in [-0.3, -0.25) is 9.59 Å². The maximum atomic E-state index is 12.8. The van der Waals surface area contributed by atoms with Crippen LogP contribution in [0.4, 0.5) is 4.79 Å². The first-order valence-electron chi connectivity index (χ1n) is 10.5. The Balaban J connectivity index is 2.82. The van der Waals surface area contributed by atoms with E-state index in [1.54, 1.807) is 65.8 Å². The van der Waals surface area contributed by atoms with Gasteiger partial charge in [0, 0.05) is 0 Å². The highest BCUT2D eigenvalue weighted by Gasteiger charge is 2.31. The smallest absolute Gasteiger partial charge is 0.408 e. The van der Waals surface area contributed by atoms with Crippen LogP contribution in [-0.2, 0) is 35.2 Å². The molecule has 1 rings (SSSR count). The number of hydrogen-bond acceptors (Lipinski definition) is 7. The third kappa shape index (κ3) is 12.5. The third-order valence-corrected chi connectivity index (χ3v) is 3.91. The van der Waals surface area contributed by atoms with E-state index in [0.717, 1.165) is 5.56 Å². The summed E-state index contributed by atoms with van der Waals surface area (Å²) in [7, 11) is 0. The average Bonchev–Trinajstić information content (AvgIpc) is 2.67. The largest absolute Gasteiger partial charge is 0.480 e. The summed E-state index contributed by atoms with van der Waals surface area (Å²) in [6.45, 7) is 9.96. The van der Waals surface area contributed by atoms with Crippen LogP contribution in [-0.4, -0.2) is 58.9 Å². The zero-order valence-electron chi connectivity index (χ0n) is 20.0. The Morgan fingerprint density at radius 1 is 0.909 bits per heavy atom. The molecular formula is C23H34N2O8. The Hall–Kier alpha value is -3.14. The molecule has 0 aromatic heterocycles. The van der Waals surface area contributed by atoms with Gasteiger partial charge in [0.25, 0.3) is 0 Å². The minimum atomic E-state index is -1.55. The standard InChI is InChI=1S/C23H34N2O8/c1-22(2,3)32-14-17(25-21(30)31-13-15-10-8-7-9-11-15)19(27)24-16(20(28)29)12-18(26)33-23(4,5)6/h7-11,16-17H,12-14H2,1-6H3,(H,24,27)(H,25,30)(H,28,29)/t16-,17-/m0/s1. The number of nitrogens with one attached hydrogen (secondary N) is 2. The van der Waals surface area contributed by atoms with Gasteiger partial charge in [-0.05, 0) is 47.1 Å². The van der Waals surface area contributed by atoms with E-state index in [9.17, 15) is 24.3 Å². The van der Waals surface area contributed by atoms with Crippen LogP contribution < -0.4 is 10.6 Å². The molecule has 0 aliphatic carbocycles. The molecule has 0 aliphatic heterocycles. The van der Waals surface area contributed by atoms with E-state index in [4.69, 9.17) is 14.2 Å². The summed E-state index contributed by atoms with van der Waals surface area (Å²) in [6, 6.07) is 6.15. The number of benzene rings is 1. The summed E-state index contributed by atoms with van der Waals surface area (Å²) in [4.78, 5) is 48.6. The van der Waals surface area contributed by atoms with Gasteiger partial charge in [0.15, 0.2) is 0 Å². The van der Waals surface area contributed by atoms with Gasteiger partial charge in [-0.25, -0.2) is 9.59 Å². The molecule has 1 aromatic rings. The number of alkyl carbamates (subject to hydrolysis) is 1. The SMILES string of the molecule is CC(C)(C)OC[C@H](NC(=O)OCc1ccccc1)C(=O)N[C@@H](CC(=O)OC(C)(C)C)C(=O)O. The van der Waals surface area contributed by atoms with E-state index in [2.05, 4.69) is 10.6 Å². The maximum Gasteiger partial charge on any atom is 0.408 e. The van der Waals surface area contributed by atoms with Crippen molar-refractivity contribution >= 4 is 23.9 Å². The number of rotatable bonds is 10. The van der Waals surface area contributed by atoms with Crippen molar-refractivity contribution in [1.82, 2.24) is 10.6 Å². The quantitative estimate of drug-likeness (QED) is 0.447. The van der Waals surface area contributed by atoms with E-state index in [1.165, 1.54) is 0 Å². The fourth-order valence-corrected chi connectivity index (χ4v) is 2.45. The molecule has 0 heterocycles. The Morgan fingerprint density at radius 2 is 1.52 bits per heavy atom. The maximum absolute atomic E-state index is 12.8. The molecule has 2 atom stereocenters. The van der Waals surface area contributed by atoms with Gasteiger partial charge in [-0.1, -0.05) is 30.3 Å². The summed E-state index contributed by atoms with van der Waals surface area (Å²) < 4.78 is 15.9. The second-order valence-electron chi connectivity index (χ2n) is 9.37. The van der Waals surface area contributed by atoms with E-state index in [1.807, 2.05) is 6.07 Å². The molecule has 0 fully saturated rings. The Bertz CT molecular complexity index is 812. The number of carbonyl (C=O) groups excluding carboxylic acids is 3. The number of carbonyl (C=O) groups is 4. The van der Waals surface area contributed by atoms with E-state index in [-0.39, 0.29) is 13.2 Å². The zero-order chi connectivity index (χ0) is 25.2. The van der Waals surface area contributed by atoms with Crippen molar-refractivity contribution in [2.75, 3.05) is 6.61 Å². The minimum absolute atomic E-state index is 0.0163. The lowest BCUT2D eigenvalue weighted by molar-refractivity contribution is -0.158. The van der Waals surface area contributed by atoms with Crippen LogP contribution in [0.3, 0.4) is 0 Å². The normalized spacial score (nSPS) is 13.4. The molecular weight excluding hydrogens is 432 g/mol. The summed E-state index contributed by atoms with van der Waals surface area (Å²) in [5, 5.41) is 14.1. The molecule has 0 spiro atoms. The molecule has 1 aromatic carbocycles. The van der Waals surface area contributed by atoms with Crippen LogP contribution in [0.25, 0.3) is 0 Å². The first-order valence-corrected chi connectivity index (χ1v) is 10.5. The van der Waals surface area contributed by atoms with Crippen molar-refractivity contribution in [2.45, 2.75) is 77.9 Å². The Kier molecular flexibility index (Phi) is 10.3. The van der Waals surface area contributed by atoms with Crippen molar-refractivity contribution in [1.29, 1.82) is 0 Å². The second kappa shape index (κ2) is 12.2. The molecule has 0 unspecified atom stereocenters. The monoisotopic (exact) mass is 466 g/mol. The first-order chi connectivity index (χ1) is 15.2. The second-order valence-corrected chi connectivity index (χ2v) is 9.37. The molecule has 0 bridgehead atoms. The molecule has 0 radical (unpaired) electrons. The van der Waals surface area contributed by atoms with Gasteiger partial charge in [0.05, 0.1) is 18.6 Å². The third-order valence-electron chi connectivity index (χ3n) is 3.91.